The number of hydrogen-bond donors (Lipinski definition) is 1. The van der Waals surface area contributed by atoms with E-state index in [-0.39, 0.29) is 30.6 Å². The Hall–Kier alpha value is -2.89. The molecule has 2 aromatic carbocycles. The number of amides is 2. The molecule has 3 rings (SSSR count). The normalized spacial score (nSPS) is 15.9. The Labute approximate surface area is 145 Å². The molecule has 1 N–H and O–H groups in total. The summed E-state index contributed by atoms with van der Waals surface area (Å²) in [6.07, 6.45) is 0.119. The van der Waals surface area contributed by atoms with Crippen LogP contribution in [0.25, 0.3) is 0 Å². The zero-order valence-electron chi connectivity index (χ0n) is 13.9. The van der Waals surface area contributed by atoms with Gasteiger partial charge in [-0.05, 0) is 23.8 Å². The van der Waals surface area contributed by atoms with Gasteiger partial charge in [0.25, 0.3) is 0 Å². The minimum absolute atomic E-state index is 0.119. The van der Waals surface area contributed by atoms with Crippen LogP contribution in [-0.4, -0.2) is 36.9 Å². The number of nitrogens with zero attached hydrogens (tertiary/aromatic N) is 1. The number of carbonyl (C=O) groups is 2. The fourth-order valence-electron chi connectivity index (χ4n) is 2.86. The summed E-state index contributed by atoms with van der Waals surface area (Å²) in [4.78, 5) is 26.1. The van der Waals surface area contributed by atoms with Crippen LogP contribution in [-0.2, 0) is 9.59 Å². The summed E-state index contributed by atoms with van der Waals surface area (Å²) in [5, 5.41) is 2.78. The van der Waals surface area contributed by atoms with Gasteiger partial charge in [-0.15, -0.1) is 0 Å². The SMILES string of the molecule is CN(CCOc1ccccc1F)C(=O)C1CC(=O)Nc2ccccc21. The van der Waals surface area contributed by atoms with E-state index in [0.717, 1.165) is 5.56 Å². The van der Waals surface area contributed by atoms with Gasteiger partial charge in [0.1, 0.15) is 6.61 Å². The Morgan fingerprint density at radius 3 is 2.76 bits per heavy atom. The molecule has 0 radical (unpaired) electrons. The second-order valence-corrected chi connectivity index (χ2v) is 5.93. The van der Waals surface area contributed by atoms with Crippen molar-refractivity contribution >= 4 is 17.5 Å². The van der Waals surface area contributed by atoms with Crippen LogP contribution < -0.4 is 10.1 Å². The molecular weight excluding hydrogens is 323 g/mol. The molecule has 1 atom stereocenters. The highest BCUT2D eigenvalue weighted by Gasteiger charge is 2.32. The Kier molecular flexibility index (Phi) is 4.97. The van der Waals surface area contributed by atoms with Crippen LogP contribution in [0, 0.1) is 5.82 Å². The number of para-hydroxylation sites is 2. The number of anilines is 1. The molecule has 0 saturated carbocycles. The van der Waals surface area contributed by atoms with Gasteiger partial charge >= 0.3 is 0 Å². The molecule has 0 spiro atoms. The van der Waals surface area contributed by atoms with Crippen molar-refractivity contribution in [3.63, 3.8) is 0 Å². The zero-order valence-corrected chi connectivity index (χ0v) is 13.9. The van der Waals surface area contributed by atoms with Crippen molar-refractivity contribution in [2.75, 3.05) is 25.5 Å². The average Bonchev–Trinajstić information content (AvgIpc) is 2.61. The van der Waals surface area contributed by atoms with Gasteiger partial charge in [-0.2, -0.15) is 0 Å². The molecule has 1 aliphatic heterocycles. The monoisotopic (exact) mass is 342 g/mol. The Morgan fingerprint density at radius 1 is 1.24 bits per heavy atom. The van der Waals surface area contributed by atoms with Gasteiger partial charge in [-0.3, -0.25) is 9.59 Å². The number of rotatable bonds is 5. The van der Waals surface area contributed by atoms with Crippen LogP contribution in [0.2, 0.25) is 0 Å². The van der Waals surface area contributed by atoms with Crippen LogP contribution in [0.1, 0.15) is 17.9 Å². The third kappa shape index (κ3) is 3.79. The van der Waals surface area contributed by atoms with E-state index in [2.05, 4.69) is 5.32 Å². The van der Waals surface area contributed by atoms with Gasteiger partial charge in [0.15, 0.2) is 11.6 Å². The molecule has 1 aliphatic rings. The molecule has 25 heavy (non-hydrogen) atoms. The van der Waals surface area contributed by atoms with Crippen LogP contribution in [0.3, 0.4) is 0 Å². The average molecular weight is 342 g/mol. The minimum Gasteiger partial charge on any atom is -0.489 e. The number of hydrogen-bond acceptors (Lipinski definition) is 3. The summed E-state index contributed by atoms with van der Waals surface area (Å²) >= 11 is 0. The van der Waals surface area contributed by atoms with Crippen molar-refractivity contribution in [1.29, 1.82) is 0 Å². The van der Waals surface area contributed by atoms with Gasteiger partial charge in [0, 0.05) is 19.2 Å². The lowest BCUT2D eigenvalue weighted by atomic mass is 9.89. The number of fused-ring (bicyclic) bond motifs is 1. The van der Waals surface area contributed by atoms with Crippen molar-refractivity contribution in [2.45, 2.75) is 12.3 Å². The first-order valence-electron chi connectivity index (χ1n) is 8.07. The zero-order chi connectivity index (χ0) is 17.8. The minimum atomic E-state index is -0.511. The largest absolute Gasteiger partial charge is 0.489 e. The molecule has 0 aliphatic carbocycles. The van der Waals surface area contributed by atoms with Crippen LogP contribution in [0.4, 0.5) is 10.1 Å². The van der Waals surface area contributed by atoms with E-state index in [1.165, 1.54) is 11.0 Å². The van der Waals surface area contributed by atoms with Gasteiger partial charge < -0.3 is 15.0 Å². The van der Waals surface area contributed by atoms with Crippen LogP contribution in [0.5, 0.6) is 5.75 Å². The van der Waals surface area contributed by atoms with Gasteiger partial charge in [0.05, 0.1) is 12.5 Å². The van der Waals surface area contributed by atoms with E-state index < -0.39 is 11.7 Å². The highest BCUT2D eigenvalue weighted by molar-refractivity contribution is 6.01. The highest BCUT2D eigenvalue weighted by Crippen LogP contribution is 2.33. The number of halogens is 1. The summed E-state index contributed by atoms with van der Waals surface area (Å²) in [7, 11) is 1.65. The third-order valence-corrected chi connectivity index (χ3v) is 4.20. The second-order valence-electron chi connectivity index (χ2n) is 5.93. The van der Waals surface area contributed by atoms with E-state index >= 15 is 0 Å². The Bertz CT molecular complexity index is 794. The fraction of sp³-hybridized carbons (Fsp3) is 0.263. The molecule has 0 bridgehead atoms. The first-order chi connectivity index (χ1) is 12.1. The fourth-order valence-corrected chi connectivity index (χ4v) is 2.86. The molecule has 0 aromatic heterocycles. The van der Waals surface area contributed by atoms with Crippen molar-refractivity contribution in [2.24, 2.45) is 0 Å². The quantitative estimate of drug-likeness (QED) is 0.909. The number of benzene rings is 2. The Balaban J connectivity index is 1.63. The summed E-state index contributed by atoms with van der Waals surface area (Å²) in [5.74, 6) is -1.11. The topological polar surface area (TPSA) is 58.6 Å². The number of carbonyl (C=O) groups excluding carboxylic acids is 2. The summed E-state index contributed by atoms with van der Waals surface area (Å²) in [5.41, 5.74) is 1.49. The van der Waals surface area contributed by atoms with Crippen LogP contribution >= 0.6 is 0 Å². The Morgan fingerprint density at radius 2 is 1.96 bits per heavy atom. The smallest absolute Gasteiger partial charge is 0.230 e. The molecule has 0 saturated heterocycles. The van der Waals surface area contributed by atoms with E-state index in [4.69, 9.17) is 4.74 Å². The molecule has 1 heterocycles. The number of nitrogens with one attached hydrogen (secondary N) is 1. The lowest BCUT2D eigenvalue weighted by Gasteiger charge is -2.28. The summed E-state index contributed by atoms with van der Waals surface area (Å²) in [6.45, 7) is 0.469. The predicted octanol–water partition coefficient (Wildman–Crippen LogP) is 2.79. The number of ether oxygens (including phenoxy) is 1. The predicted molar refractivity (Wildman–Crippen MR) is 92.0 cm³/mol. The van der Waals surface area contributed by atoms with Gasteiger partial charge in [-0.1, -0.05) is 30.3 Å². The maximum absolute atomic E-state index is 13.5. The highest BCUT2D eigenvalue weighted by atomic mass is 19.1. The standard InChI is InChI=1S/C19H19FN2O3/c1-22(10-11-25-17-9-5-3-7-15(17)20)19(24)14-12-18(23)21-16-8-4-2-6-13(14)16/h2-9,14H,10-12H2,1H3,(H,21,23). The van der Waals surface area contributed by atoms with E-state index in [1.807, 2.05) is 18.2 Å². The molecule has 6 heteroatoms. The van der Waals surface area contributed by atoms with Crippen molar-refractivity contribution in [3.8, 4) is 5.75 Å². The molecule has 1 unspecified atom stereocenters. The van der Waals surface area contributed by atoms with E-state index in [9.17, 15) is 14.0 Å². The number of likely N-dealkylation sites (N-methyl/N-ethyl adjacent to an activating group) is 1. The summed E-state index contributed by atoms with van der Waals surface area (Å²) < 4.78 is 18.9. The van der Waals surface area contributed by atoms with Crippen molar-refractivity contribution < 1.29 is 18.7 Å². The van der Waals surface area contributed by atoms with E-state index in [1.54, 1.807) is 31.3 Å². The molecule has 130 valence electrons. The maximum Gasteiger partial charge on any atom is 0.230 e. The van der Waals surface area contributed by atoms with Gasteiger partial charge in [-0.25, -0.2) is 4.39 Å². The first-order valence-corrected chi connectivity index (χ1v) is 8.07. The third-order valence-electron chi connectivity index (χ3n) is 4.20. The first kappa shape index (κ1) is 17.0. The molecule has 0 fully saturated rings. The van der Waals surface area contributed by atoms with Gasteiger partial charge in [0.2, 0.25) is 11.8 Å². The summed E-state index contributed by atoms with van der Waals surface area (Å²) in [6, 6.07) is 13.4. The maximum atomic E-state index is 13.5. The van der Waals surface area contributed by atoms with Crippen molar-refractivity contribution in [1.82, 2.24) is 4.90 Å². The van der Waals surface area contributed by atoms with Crippen molar-refractivity contribution in [3.05, 3.63) is 59.9 Å². The lowest BCUT2D eigenvalue weighted by Crippen LogP contribution is -2.38. The molecular formula is C19H19FN2O3. The van der Waals surface area contributed by atoms with E-state index in [0.29, 0.717) is 12.2 Å². The molecule has 5 nitrogen and oxygen atoms in total. The second kappa shape index (κ2) is 7.34. The molecule has 2 amide bonds. The lowest BCUT2D eigenvalue weighted by molar-refractivity contribution is -0.134. The molecule has 2 aromatic rings. The van der Waals surface area contributed by atoms with Crippen LogP contribution in [0.15, 0.2) is 48.5 Å².